The predicted molar refractivity (Wildman–Crippen MR) is 58.6 cm³/mol. The van der Waals surface area contributed by atoms with Crippen molar-refractivity contribution < 1.29 is 4.79 Å². The lowest BCUT2D eigenvalue weighted by Gasteiger charge is -2.32. The Labute approximate surface area is 90.8 Å². The van der Waals surface area contributed by atoms with Crippen LogP contribution in [0.5, 0.6) is 0 Å². The first-order valence-corrected chi connectivity index (χ1v) is 5.78. The van der Waals surface area contributed by atoms with Gasteiger partial charge >= 0.3 is 0 Å². The van der Waals surface area contributed by atoms with Crippen molar-refractivity contribution >= 4 is 17.5 Å². The first-order chi connectivity index (χ1) is 6.66. The summed E-state index contributed by atoms with van der Waals surface area (Å²) < 4.78 is 0. The monoisotopic (exact) mass is 218 g/mol. The van der Waals surface area contributed by atoms with Crippen LogP contribution in [0.2, 0.25) is 0 Å². The molecule has 1 N–H and O–H groups in total. The smallest absolute Gasteiger partial charge is 0.224 e. The van der Waals surface area contributed by atoms with Gasteiger partial charge < -0.3 is 10.2 Å². The zero-order chi connectivity index (χ0) is 10.6. The Hall–Kier alpha value is -0.280. The fourth-order valence-corrected chi connectivity index (χ4v) is 2.16. The van der Waals surface area contributed by atoms with E-state index in [1.165, 1.54) is 0 Å². The number of carbonyl (C=O) groups is 1. The average Bonchev–Trinajstić information content (AvgIpc) is 2.57. The summed E-state index contributed by atoms with van der Waals surface area (Å²) in [4.78, 5) is 13.8. The molecule has 1 atom stereocenters. The molecule has 0 aromatic heterocycles. The van der Waals surface area contributed by atoms with E-state index in [1.807, 2.05) is 4.90 Å². The standard InChI is InChI=1S/C10H19ClN2O/c1-8(2)13(10(14)3-5-11)9-4-6-12-7-9/h8-9,12H,3-7H2,1-2H3. The molecular formula is C10H19ClN2O. The summed E-state index contributed by atoms with van der Waals surface area (Å²) in [6.45, 7) is 6.06. The first-order valence-electron chi connectivity index (χ1n) is 5.24. The number of amides is 1. The fraction of sp³-hybridized carbons (Fsp3) is 0.900. The highest BCUT2D eigenvalue weighted by atomic mass is 35.5. The van der Waals surface area contributed by atoms with Gasteiger partial charge in [-0.25, -0.2) is 0 Å². The SMILES string of the molecule is CC(C)N(C(=O)CCCl)C1CCNC1. The molecule has 0 spiro atoms. The summed E-state index contributed by atoms with van der Waals surface area (Å²) in [5.41, 5.74) is 0. The van der Waals surface area contributed by atoms with Gasteiger partial charge in [-0.05, 0) is 26.8 Å². The van der Waals surface area contributed by atoms with E-state index in [1.54, 1.807) is 0 Å². The van der Waals surface area contributed by atoms with Crippen LogP contribution in [0.3, 0.4) is 0 Å². The van der Waals surface area contributed by atoms with Gasteiger partial charge in [0.05, 0.1) is 0 Å². The van der Waals surface area contributed by atoms with Gasteiger partial charge in [-0.2, -0.15) is 0 Å². The summed E-state index contributed by atoms with van der Waals surface area (Å²) in [5, 5.41) is 3.28. The Bertz CT molecular complexity index is 191. The second-order valence-corrected chi connectivity index (χ2v) is 4.36. The molecule has 0 bridgehead atoms. The van der Waals surface area contributed by atoms with Crippen LogP contribution in [0.1, 0.15) is 26.7 Å². The summed E-state index contributed by atoms with van der Waals surface area (Å²) in [6, 6.07) is 0.640. The van der Waals surface area contributed by atoms with Gasteiger partial charge in [-0.1, -0.05) is 0 Å². The maximum atomic E-state index is 11.8. The quantitative estimate of drug-likeness (QED) is 0.720. The number of carbonyl (C=O) groups excluding carboxylic acids is 1. The molecule has 1 unspecified atom stereocenters. The van der Waals surface area contributed by atoms with Gasteiger partial charge in [0.2, 0.25) is 5.91 Å². The average molecular weight is 219 g/mol. The van der Waals surface area contributed by atoms with Crippen LogP contribution in [-0.4, -0.2) is 41.9 Å². The number of nitrogens with zero attached hydrogens (tertiary/aromatic N) is 1. The zero-order valence-corrected chi connectivity index (χ0v) is 9.68. The number of hydrogen-bond acceptors (Lipinski definition) is 2. The second kappa shape index (κ2) is 5.56. The Morgan fingerprint density at radius 1 is 1.64 bits per heavy atom. The molecule has 1 rings (SSSR count). The lowest BCUT2D eigenvalue weighted by atomic mass is 10.1. The van der Waals surface area contributed by atoms with Crippen LogP contribution in [0, 0.1) is 0 Å². The fourth-order valence-electron chi connectivity index (χ4n) is 2.00. The number of halogens is 1. The minimum atomic E-state index is 0.184. The van der Waals surface area contributed by atoms with Gasteiger partial charge in [-0.3, -0.25) is 4.79 Å². The van der Waals surface area contributed by atoms with Gasteiger partial charge in [0, 0.05) is 30.9 Å². The molecule has 0 aromatic carbocycles. The van der Waals surface area contributed by atoms with E-state index in [4.69, 9.17) is 11.6 Å². The second-order valence-electron chi connectivity index (χ2n) is 3.98. The van der Waals surface area contributed by atoms with Gasteiger partial charge in [0.25, 0.3) is 0 Å². The summed E-state index contributed by atoms with van der Waals surface area (Å²) >= 11 is 5.59. The summed E-state index contributed by atoms with van der Waals surface area (Å²) in [7, 11) is 0. The zero-order valence-electron chi connectivity index (χ0n) is 8.92. The largest absolute Gasteiger partial charge is 0.336 e. The molecule has 0 aliphatic carbocycles. The van der Waals surface area contributed by atoms with Crippen LogP contribution in [0.25, 0.3) is 0 Å². The molecule has 4 heteroatoms. The number of nitrogens with one attached hydrogen (secondary N) is 1. The molecule has 1 aliphatic heterocycles. The summed E-state index contributed by atoms with van der Waals surface area (Å²) in [5.74, 6) is 0.603. The molecule has 0 aromatic rings. The van der Waals surface area contributed by atoms with E-state index in [9.17, 15) is 4.79 Å². The number of rotatable bonds is 4. The van der Waals surface area contributed by atoms with Crippen LogP contribution in [0.4, 0.5) is 0 Å². The van der Waals surface area contributed by atoms with E-state index in [2.05, 4.69) is 19.2 Å². The van der Waals surface area contributed by atoms with Crippen LogP contribution >= 0.6 is 11.6 Å². The van der Waals surface area contributed by atoms with Crippen molar-refractivity contribution in [3.8, 4) is 0 Å². The highest BCUT2D eigenvalue weighted by Gasteiger charge is 2.27. The predicted octanol–water partition coefficient (Wildman–Crippen LogP) is 1.21. The van der Waals surface area contributed by atoms with Gasteiger partial charge in [0.1, 0.15) is 0 Å². The van der Waals surface area contributed by atoms with E-state index in [0.29, 0.717) is 18.3 Å². The lowest BCUT2D eigenvalue weighted by Crippen LogP contribution is -2.45. The Kier molecular flexibility index (Phi) is 4.69. The third kappa shape index (κ3) is 2.85. The Morgan fingerprint density at radius 2 is 2.36 bits per heavy atom. The highest BCUT2D eigenvalue weighted by molar-refractivity contribution is 6.18. The molecule has 14 heavy (non-hydrogen) atoms. The molecule has 1 aliphatic rings. The molecule has 1 heterocycles. The number of hydrogen-bond donors (Lipinski definition) is 1. The van der Waals surface area contributed by atoms with E-state index in [0.717, 1.165) is 19.5 Å². The molecular weight excluding hydrogens is 200 g/mol. The van der Waals surface area contributed by atoms with Crippen molar-refractivity contribution in [3.63, 3.8) is 0 Å². The van der Waals surface area contributed by atoms with E-state index >= 15 is 0 Å². The third-order valence-corrected chi connectivity index (χ3v) is 2.77. The maximum absolute atomic E-state index is 11.8. The molecule has 82 valence electrons. The first kappa shape index (κ1) is 11.8. The molecule has 0 radical (unpaired) electrons. The van der Waals surface area contributed by atoms with Gasteiger partial charge in [0.15, 0.2) is 0 Å². The minimum Gasteiger partial charge on any atom is -0.336 e. The van der Waals surface area contributed by atoms with E-state index < -0.39 is 0 Å². The molecule has 1 amide bonds. The van der Waals surface area contributed by atoms with Crippen LogP contribution in [-0.2, 0) is 4.79 Å². The topological polar surface area (TPSA) is 32.3 Å². The van der Waals surface area contributed by atoms with Gasteiger partial charge in [-0.15, -0.1) is 11.6 Å². The van der Waals surface area contributed by atoms with Crippen LogP contribution in [0.15, 0.2) is 0 Å². The van der Waals surface area contributed by atoms with Crippen molar-refractivity contribution in [3.05, 3.63) is 0 Å². The van der Waals surface area contributed by atoms with Crippen molar-refractivity contribution in [2.75, 3.05) is 19.0 Å². The maximum Gasteiger partial charge on any atom is 0.224 e. The van der Waals surface area contributed by atoms with Crippen molar-refractivity contribution in [2.24, 2.45) is 0 Å². The molecule has 1 saturated heterocycles. The van der Waals surface area contributed by atoms with Crippen LogP contribution < -0.4 is 5.32 Å². The molecule has 0 saturated carbocycles. The minimum absolute atomic E-state index is 0.184. The Balaban J connectivity index is 2.57. The van der Waals surface area contributed by atoms with Crippen molar-refractivity contribution in [1.82, 2.24) is 10.2 Å². The lowest BCUT2D eigenvalue weighted by molar-refractivity contribution is -0.134. The normalized spacial score (nSPS) is 21.6. The van der Waals surface area contributed by atoms with E-state index in [-0.39, 0.29) is 11.9 Å². The molecule has 1 fully saturated rings. The third-order valence-electron chi connectivity index (χ3n) is 2.58. The highest BCUT2D eigenvalue weighted by Crippen LogP contribution is 2.14. The number of alkyl halides is 1. The molecule has 3 nitrogen and oxygen atoms in total. The summed E-state index contributed by atoms with van der Waals surface area (Å²) in [6.07, 6.45) is 1.52. The Morgan fingerprint density at radius 3 is 2.79 bits per heavy atom. The van der Waals surface area contributed by atoms with Crippen molar-refractivity contribution in [2.45, 2.75) is 38.8 Å². The van der Waals surface area contributed by atoms with Crippen molar-refractivity contribution in [1.29, 1.82) is 0 Å².